The van der Waals surface area contributed by atoms with Crippen molar-refractivity contribution in [1.82, 2.24) is 0 Å². The molecule has 0 spiro atoms. The highest BCUT2D eigenvalue weighted by atomic mass is 16.4. The number of nitrogens with one attached hydrogen (secondary N) is 1. The number of aryl methyl sites for hydroxylation is 1. The fraction of sp³-hybridized carbons (Fsp3) is 0.240. The Morgan fingerprint density at radius 2 is 1.50 bits per heavy atom. The lowest BCUT2D eigenvalue weighted by Crippen LogP contribution is -2.47. The minimum Gasteiger partial charge on any atom is -0.481 e. The van der Waals surface area contributed by atoms with E-state index in [-0.39, 0.29) is 11.3 Å². The lowest BCUT2D eigenvalue weighted by molar-refractivity contribution is -0.134. The van der Waals surface area contributed by atoms with Crippen molar-refractivity contribution in [3.8, 4) is 0 Å². The van der Waals surface area contributed by atoms with E-state index in [1.165, 1.54) is 23.6 Å². The predicted molar refractivity (Wildman–Crippen MR) is 129 cm³/mol. The third kappa shape index (κ3) is 6.16. The highest BCUT2D eigenvalue weighted by Gasteiger charge is 2.22. The Balaban J connectivity index is 0.000000751. The van der Waals surface area contributed by atoms with E-state index in [9.17, 15) is 14.7 Å². The summed E-state index contributed by atoms with van der Waals surface area (Å²) in [5.74, 6) is -2.12. The summed E-state index contributed by atoms with van der Waals surface area (Å²) in [5.41, 5.74) is 3.84. The summed E-state index contributed by atoms with van der Waals surface area (Å²) in [7, 11) is 0. The number of hydrogen-bond acceptors (Lipinski definition) is 6. The van der Waals surface area contributed by atoms with E-state index in [0.29, 0.717) is 5.69 Å². The molecule has 1 aromatic heterocycles. The van der Waals surface area contributed by atoms with Gasteiger partial charge >= 0.3 is 5.97 Å². The zero-order chi connectivity index (χ0) is 24.7. The molecule has 3 N–H and O–H groups in total. The Kier molecular flexibility index (Phi) is 7.92. The topological polar surface area (TPSA) is 123 Å². The largest absolute Gasteiger partial charge is 0.481 e. The molecule has 0 saturated carbocycles. The van der Waals surface area contributed by atoms with Gasteiger partial charge in [-0.1, -0.05) is 18.2 Å². The number of carboxylic acid groups (broad SMARTS) is 2. The molecule has 9 heteroatoms. The minimum atomic E-state index is -1.04. The maximum atomic E-state index is 12.5. The van der Waals surface area contributed by atoms with Crippen molar-refractivity contribution >= 4 is 34.9 Å². The van der Waals surface area contributed by atoms with Crippen molar-refractivity contribution in [3.05, 3.63) is 77.7 Å². The number of para-hydroxylation sites is 1. The first-order valence-electron chi connectivity index (χ1n) is 10.7. The Morgan fingerprint density at radius 1 is 0.882 bits per heavy atom. The molecule has 4 rings (SSSR count). The molecule has 0 aliphatic carbocycles. The van der Waals surface area contributed by atoms with Crippen LogP contribution in [0.2, 0.25) is 0 Å². The van der Waals surface area contributed by atoms with Gasteiger partial charge in [0.2, 0.25) is 0 Å². The first-order valence-corrected chi connectivity index (χ1v) is 10.7. The average Bonchev–Trinajstić information content (AvgIpc) is 3.34. The minimum absolute atomic E-state index is 0.118. The number of anilines is 3. The molecule has 0 atom stereocenters. The molecule has 0 radical (unpaired) electrons. The molecule has 34 heavy (non-hydrogen) atoms. The average molecular weight is 466 g/mol. The number of aliphatic carboxylic acids is 1. The monoisotopic (exact) mass is 465 g/mol. The van der Waals surface area contributed by atoms with E-state index in [0.717, 1.165) is 38.8 Å². The molecule has 2 heterocycles. The molecule has 0 unspecified atom stereocenters. The van der Waals surface area contributed by atoms with E-state index in [1.807, 2.05) is 12.1 Å². The molecule has 2 aromatic carbocycles. The van der Waals surface area contributed by atoms with Gasteiger partial charge in [-0.25, -0.2) is 4.79 Å². The number of carbonyl (C=O) groups excluding carboxylic acids is 1. The summed E-state index contributed by atoms with van der Waals surface area (Å²) < 4.78 is 5.16. The number of benzene rings is 2. The van der Waals surface area contributed by atoms with Gasteiger partial charge in [0, 0.05) is 38.8 Å². The molecule has 1 amide bonds. The number of carboxylic acids is 2. The Labute approximate surface area is 197 Å². The standard InChI is InChI=1S/C23H23N3O4.C2H4O2/c1-16-5-2-3-6-19(16)25-10-12-26(13-11-25)20-9-8-17(23(28)29)15-18(20)24-22(27)21-7-4-14-30-21;1-2(3)4/h2-9,14-15H,10-13H2,1H3,(H,24,27)(H,28,29);1H3,(H,3,4). The Bertz CT molecular complexity index is 1150. The summed E-state index contributed by atoms with van der Waals surface area (Å²) in [6.45, 7) is 6.36. The number of hydrogen-bond donors (Lipinski definition) is 3. The van der Waals surface area contributed by atoms with Crippen LogP contribution in [-0.2, 0) is 4.79 Å². The van der Waals surface area contributed by atoms with Crippen LogP contribution in [0.3, 0.4) is 0 Å². The lowest BCUT2D eigenvalue weighted by Gasteiger charge is -2.38. The SMILES string of the molecule is CC(=O)O.Cc1ccccc1N1CCN(c2ccc(C(=O)O)cc2NC(=O)c2ccco2)CC1. The summed E-state index contributed by atoms with van der Waals surface area (Å²) in [5, 5.41) is 19.6. The quantitative estimate of drug-likeness (QED) is 0.517. The summed E-state index contributed by atoms with van der Waals surface area (Å²) in [4.78, 5) is 37.4. The van der Waals surface area contributed by atoms with E-state index in [2.05, 4.69) is 34.2 Å². The van der Waals surface area contributed by atoms with Crippen LogP contribution < -0.4 is 15.1 Å². The molecule has 9 nitrogen and oxygen atoms in total. The second kappa shape index (κ2) is 11.0. The predicted octanol–water partition coefficient (Wildman–Crippen LogP) is 3.96. The molecule has 1 aliphatic rings. The van der Waals surface area contributed by atoms with E-state index in [4.69, 9.17) is 14.3 Å². The number of rotatable bonds is 5. The third-order valence-electron chi connectivity index (χ3n) is 5.31. The van der Waals surface area contributed by atoms with E-state index in [1.54, 1.807) is 24.3 Å². The van der Waals surface area contributed by atoms with Crippen LogP contribution in [0.4, 0.5) is 17.1 Å². The highest BCUT2D eigenvalue weighted by Crippen LogP contribution is 2.30. The molecule has 1 aliphatic heterocycles. The Hall–Kier alpha value is -4.27. The number of aromatic carboxylic acids is 1. The van der Waals surface area contributed by atoms with Crippen molar-refractivity contribution in [3.63, 3.8) is 0 Å². The normalized spacial score (nSPS) is 13.0. The second-order valence-electron chi connectivity index (χ2n) is 7.75. The number of nitrogens with zero attached hydrogens (tertiary/aromatic N) is 2. The molecule has 0 bridgehead atoms. The van der Waals surface area contributed by atoms with Crippen LogP contribution in [0.15, 0.2) is 65.3 Å². The lowest BCUT2D eigenvalue weighted by atomic mass is 10.1. The highest BCUT2D eigenvalue weighted by molar-refractivity contribution is 6.05. The fourth-order valence-electron chi connectivity index (χ4n) is 3.74. The van der Waals surface area contributed by atoms with E-state index >= 15 is 0 Å². The smallest absolute Gasteiger partial charge is 0.335 e. The van der Waals surface area contributed by atoms with Gasteiger partial charge in [0.25, 0.3) is 11.9 Å². The van der Waals surface area contributed by atoms with Gasteiger partial charge in [0.05, 0.1) is 23.2 Å². The zero-order valence-electron chi connectivity index (χ0n) is 19.0. The summed E-state index contributed by atoms with van der Waals surface area (Å²) in [6.07, 6.45) is 1.42. The zero-order valence-corrected chi connectivity index (χ0v) is 19.0. The maximum absolute atomic E-state index is 12.5. The van der Waals surface area contributed by atoms with Crippen LogP contribution in [0.5, 0.6) is 0 Å². The molecule has 1 saturated heterocycles. The van der Waals surface area contributed by atoms with Crippen molar-refractivity contribution < 1.29 is 29.0 Å². The maximum Gasteiger partial charge on any atom is 0.335 e. The van der Waals surface area contributed by atoms with Gasteiger partial charge in [0.1, 0.15) is 0 Å². The van der Waals surface area contributed by atoms with Crippen LogP contribution >= 0.6 is 0 Å². The first-order chi connectivity index (χ1) is 16.3. The van der Waals surface area contributed by atoms with Gasteiger partial charge in [0.15, 0.2) is 5.76 Å². The van der Waals surface area contributed by atoms with Crippen LogP contribution in [0.1, 0.15) is 33.4 Å². The summed E-state index contributed by atoms with van der Waals surface area (Å²) >= 11 is 0. The molecular weight excluding hydrogens is 438 g/mol. The van der Waals surface area contributed by atoms with Gasteiger partial charge in [-0.3, -0.25) is 9.59 Å². The Morgan fingerprint density at radius 3 is 2.06 bits per heavy atom. The first kappa shape index (κ1) is 24.4. The van der Waals surface area contributed by atoms with Crippen LogP contribution in [0, 0.1) is 6.92 Å². The number of furan rings is 1. The van der Waals surface area contributed by atoms with Crippen molar-refractivity contribution in [2.75, 3.05) is 41.3 Å². The van der Waals surface area contributed by atoms with Gasteiger partial charge in [-0.05, 0) is 48.9 Å². The molecular formula is C25H27N3O6. The molecule has 178 valence electrons. The van der Waals surface area contributed by atoms with Gasteiger partial charge in [-0.15, -0.1) is 0 Å². The van der Waals surface area contributed by atoms with Gasteiger partial charge < -0.3 is 29.7 Å². The molecule has 1 fully saturated rings. The number of piperazine rings is 1. The van der Waals surface area contributed by atoms with Gasteiger partial charge in [-0.2, -0.15) is 0 Å². The van der Waals surface area contributed by atoms with Crippen molar-refractivity contribution in [2.24, 2.45) is 0 Å². The number of amides is 1. The van der Waals surface area contributed by atoms with Crippen LogP contribution in [0.25, 0.3) is 0 Å². The fourth-order valence-corrected chi connectivity index (χ4v) is 3.74. The van der Waals surface area contributed by atoms with Crippen molar-refractivity contribution in [2.45, 2.75) is 13.8 Å². The second-order valence-corrected chi connectivity index (χ2v) is 7.75. The summed E-state index contributed by atoms with van der Waals surface area (Å²) in [6, 6.07) is 16.3. The third-order valence-corrected chi connectivity index (χ3v) is 5.31. The van der Waals surface area contributed by atoms with E-state index < -0.39 is 17.8 Å². The number of carbonyl (C=O) groups is 3. The molecule has 3 aromatic rings. The van der Waals surface area contributed by atoms with Crippen LogP contribution in [-0.4, -0.2) is 54.2 Å². The van der Waals surface area contributed by atoms with Crippen molar-refractivity contribution in [1.29, 1.82) is 0 Å².